The number of pyridine rings is 1. The van der Waals surface area contributed by atoms with E-state index in [4.69, 9.17) is 12.2 Å². The first-order valence-electron chi connectivity index (χ1n) is 10.9. The number of rotatable bonds is 6. The molecule has 0 aliphatic carbocycles. The number of unbranched alkanes of at least 4 members (excludes halogenated alkanes) is 1. The smallest absolute Gasteiger partial charge is 0.170 e. The van der Waals surface area contributed by atoms with E-state index in [1.807, 2.05) is 18.3 Å². The zero-order chi connectivity index (χ0) is 21.2. The molecule has 2 aromatic carbocycles. The normalized spacial score (nSPS) is 18.5. The Morgan fingerprint density at radius 2 is 1.81 bits per heavy atom. The summed E-state index contributed by atoms with van der Waals surface area (Å²) in [4.78, 5) is 6.99. The van der Waals surface area contributed by atoms with E-state index in [1.54, 1.807) is 0 Å². The predicted octanol–water partition coefficient (Wildman–Crippen LogP) is 5.80. The van der Waals surface area contributed by atoms with Gasteiger partial charge in [0.2, 0.25) is 0 Å². The Labute approximate surface area is 188 Å². The highest BCUT2D eigenvalue weighted by Gasteiger charge is 2.40. The summed E-state index contributed by atoms with van der Waals surface area (Å²) in [6, 6.07) is 25.6. The Morgan fingerprint density at radius 3 is 2.61 bits per heavy atom. The molecule has 1 aliphatic rings. The fraction of sp³-hybridized carbons (Fsp3) is 0.231. The number of benzene rings is 2. The van der Waals surface area contributed by atoms with Crippen LogP contribution in [0, 0.1) is 0 Å². The molecule has 0 unspecified atom stereocenters. The van der Waals surface area contributed by atoms with E-state index in [2.05, 4.69) is 93.6 Å². The maximum absolute atomic E-state index is 5.78. The Bertz CT molecular complexity index is 1200. The van der Waals surface area contributed by atoms with Gasteiger partial charge in [-0.05, 0) is 65.8 Å². The van der Waals surface area contributed by atoms with Gasteiger partial charge in [-0.25, -0.2) is 0 Å². The van der Waals surface area contributed by atoms with Gasteiger partial charge < -0.3 is 14.8 Å². The Hall–Kier alpha value is -3.18. The SMILES string of the molecule is CCCCN1C(=S)N[C@H](c2ccccn2)[C@@H]1c1cccn1-c1ccc2ccccc2c1. The van der Waals surface area contributed by atoms with Crippen LogP contribution in [0.3, 0.4) is 0 Å². The lowest BCUT2D eigenvalue weighted by atomic mass is 10.0. The van der Waals surface area contributed by atoms with Crippen molar-refractivity contribution in [3.63, 3.8) is 0 Å². The number of thiocarbonyl (C=S) groups is 1. The van der Waals surface area contributed by atoms with Gasteiger partial charge >= 0.3 is 0 Å². The Morgan fingerprint density at radius 1 is 0.968 bits per heavy atom. The van der Waals surface area contributed by atoms with Gasteiger partial charge in [0.1, 0.15) is 0 Å². The monoisotopic (exact) mass is 426 g/mol. The van der Waals surface area contributed by atoms with Gasteiger partial charge in [-0.3, -0.25) is 4.98 Å². The van der Waals surface area contributed by atoms with Gasteiger partial charge in [0, 0.05) is 30.3 Å². The van der Waals surface area contributed by atoms with Crippen molar-refractivity contribution in [2.24, 2.45) is 0 Å². The average Bonchev–Trinajstić information content (AvgIpc) is 3.42. The molecule has 1 aliphatic heterocycles. The summed E-state index contributed by atoms with van der Waals surface area (Å²) in [7, 11) is 0. The minimum absolute atomic E-state index is 0.0136. The highest BCUT2D eigenvalue weighted by atomic mass is 32.1. The third-order valence-electron chi connectivity index (χ3n) is 6.04. The summed E-state index contributed by atoms with van der Waals surface area (Å²) in [6.45, 7) is 3.15. The molecule has 5 heteroatoms. The molecule has 156 valence electrons. The second kappa shape index (κ2) is 8.52. The van der Waals surface area contributed by atoms with E-state index >= 15 is 0 Å². The van der Waals surface area contributed by atoms with Crippen molar-refractivity contribution in [2.45, 2.75) is 31.8 Å². The standard InChI is InChI=1S/C26H26N4S/c1-2-3-16-30-25(24(28-26(30)31)22-11-6-7-15-27-22)23-12-8-17-29(23)21-14-13-19-9-4-5-10-20(19)18-21/h4-15,17-18,24-25H,2-3,16H2,1H3,(H,28,31)/t24-,25+/m1/s1. The summed E-state index contributed by atoms with van der Waals surface area (Å²) >= 11 is 5.78. The van der Waals surface area contributed by atoms with Crippen molar-refractivity contribution in [3.8, 4) is 5.69 Å². The number of hydrogen-bond acceptors (Lipinski definition) is 2. The van der Waals surface area contributed by atoms with E-state index in [9.17, 15) is 0 Å². The summed E-state index contributed by atoms with van der Waals surface area (Å²) in [5.74, 6) is 0. The quantitative estimate of drug-likeness (QED) is 0.395. The van der Waals surface area contributed by atoms with E-state index in [1.165, 1.54) is 16.5 Å². The first-order valence-corrected chi connectivity index (χ1v) is 11.3. The van der Waals surface area contributed by atoms with Crippen LogP contribution in [0.1, 0.15) is 43.2 Å². The molecule has 0 radical (unpaired) electrons. The fourth-order valence-electron chi connectivity index (χ4n) is 4.49. The second-order valence-electron chi connectivity index (χ2n) is 8.01. The number of fused-ring (bicyclic) bond motifs is 1. The fourth-order valence-corrected chi connectivity index (χ4v) is 4.82. The average molecular weight is 427 g/mol. The molecule has 1 N–H and O–H groups in total. The molecule has 3 heterocycles. The number of aromatic nitrogens is 2. The van der Waals surface area contributed by atoms with Crippen LogP contribution in [0.2, 0.25) is 0 Å². The molecule has 0 amide bonds. The first kappa shape index (κ1) is 19.8. The molecule has 2 atom stereocenters. The van der Waals surface area contributed by atoms with Crippen molar-refractivity contribution >= 4 is 28.1 Å². The summed E-state index contributed by atoms with van der Waals surface area (Å²) < 4.78 is 2.29. The first-order chi connectivity index (χ1) is 15.3. The van der Waals surface area contributed by atoms with E-state index < -0.39 is 0 Å². The topological polar surface area (TPSA) is 33.1 Å². The summed E-state index contributed by atoms with van der Waals surface area (Å²) in [5, 5.41) is 6.85. The van der Waals surface area contributed by atoms with Crippen LogP contribution in [0.15, 0.2) is 85.2 Å². The lowest BCUT2D eigenvalue weighted by Gasteiger charge is -2.29. The Kier molecular flexibility index (Phi) is 5.43. The second-order valence-corrected chi connectivity index (χ2v) is 8.39. The highest BCUT2D eigenvalue weighted by molar-refractivity contribution is 7.80. The number of hydrogen-bond donors (Lipinski definition) is 1. The maximum atomic E-state index is 5.78. The molecule has 4 aromatic rings. The summed E-state index contributed by atoms with van der Waals surface area (Å²) in [6.07, 6.45) is 6.23. The van der Waals surface area contributed by atoms with Crippen LogP contribution in [0.25, 0.3) is 16.5 Å². The van der Waals surface area contributed by atoms with Gasteiger partial charge in [0.25, 0.3) is 0 Å². The highest BCUT2D eigenvalue weighted by Crippen LogP contribution is 2.39. The minimum atomic E-state index is 0.0136. The molecule has 1 fully saturated rings. The number of nitrogens with one attached hydrogen (secondary N) is 1. The maximum Gasteiger partial charge on any atom is 0.170 e. The van der Waals surface area contributed by atoms with Crippen LogP contribution < -0.4 is 5.32 Å². The lowest BCUT2D eigenvalue weighted by Crippen LogP contribution is -2.31. The molecule has 1 saturated heterocycles. The van der Waals surface area contributed by atoms with Gasteiger partial charge in [-0.15, -0.1) is 0 Å². The molecular weight excluding hydrogens is 400 g/mol. The molecule has 2 aromatic heterocycles. The van der Waals surface area contributed by atoms with Crippen LogP contribution in [-0.2, 0) is 0 Å². The molecule has 4 nitrogen and oxygen atoms in total. The Balaban J connectivity index is 1.60. The number of nitrogens with zero attached hydrogens (tertiary/aromatic N) is 3. The third kappa shape index (κ3) is 3.70. The molecule has 0 saturated carbocycles. The zero-order valence-corrected chi connectivity index (χ0v) is 18.4. The van der Waals surface area contributed by atoms with Crippen molar-refractivity contribution in [3.05, 3.63) is 96.6 Å². The van der Waals surface area contributed by atoms with Crippen molar-refractivity contribution in [2.75, 3.05) is 6.54 Å². The minimum Gasteiger partial charge on any atom is -0.352 e. The van der Waals surface area contributed by atoms with Gasteiger partial charge in [-0.1, -0.05) is 49.7 Å². The molecule has 0 bridgehead atoms. The lowest BCUT2D eigenvalue weighted by molar-refractivity contribution is 0.304. The van der Waals surface area contributed by atoms with Crippen LogP contribution in [-0.4, -0.2) is 26.1 Å². The molecular formula is C26H26N4S. The molecule has 31 heavy (non-hydrogen) atoms. The van der Waals surface area contributed by atoms with E-state index in [-0.39, 0.29) is 12.1 Å². The van der Waals surface area contributed by atoms with Crippen molar-refractivity contribution in [1.29, 1.82) is 0 Å². The van der Waals surface area contributed by atoms with Crippen molar-refractivity contribution in [1.82, 2.24) is 19.8 Å². The van der Waals surface area contributed by atoms with Gasteiger partial charge in [0.05, 0.1) is 17.8 Å². The molecule has 0 spiro atoms. The summed E-state index contributed by atoms with van der Waals surface area (Å²) in [5.41, 5.74) is 3.39. The van der Waals surface area contributed by atoms with Gasteiger partial charge in [0.15, 0.2) is 5.11 Å². The van der Waals surface area contributed by atoms with E-state index in [0.717, 1.165) is 35.9 Å². The molecule has 5 rings (SSSR count). The zero-order valence-electron chi connectivity index (χ0n) is 17.6. The van der Waals surface area contributed by atoms with E-state index in [0.29, 0.717) is 0 Å². The van der Waals surface area contributed by atoms with Crippen LogP contribution in [0.5, 0.6) is 0 Å². The van der Waals surface area contributed by atoms with Crippen LogP contribution >= 0.6 is 12.2 Å². The predicted molar refractivity (Wildman–Crippen MR) is 130 cm³/mol. The third-order valence-corrected chi connectivity index (χ3v) is 6.40. The van der Waals surface area contributed by atoms with Crippen LogP contribution in [0.4, 0.5) is 0 Å². The van der Waals surface area contributed by atoms with Gasteiger partial charge in [-0.2, -0.15) is 0 Å². The van der Waals surface area contributed by atoms with Crippen molar-refractivity contribution < 1.29 is 0 Å². The largest absolute Gasteiger partial charge is 0.352 e.